The van der Waals surface area contributed by atoms with Crippen molar-refractivity contribution in [3.63, 3.8) is 0 Å². The summed E-state index contributed by atoms with van der Waals surface area (Å²) in [4.78, 5) is 61.4. The van der Waals surface area contributed by atoms with Crippen molar-refractivity contribution >= 4 is 90.6 Å². The average Bonchev–Trinajstić information content (AvgIpc) is 0.753. The molecule has 13 aliphatic rings. The summed E-state index contributed by atoms with van der Waals surface area (Å²) in [5.74, 6) is -5.76. The van der Waals surface area contributed by atoms with E-state index in [4.69, 9.17) is 28.4 Å². The van der Waals surface area contributed by atoms with Crippen molar-refractivity contribution in [1.29, 1.82) is 0 Å². The van der Waals surface area contributed by atoms with E-state index in [0.717, 1.165) is 267 Å². The maximum Gasteiger partial charge on any atom is 0.416 e. The second-order valence-electron chi connectivity index (χ2n) is 41.5. The summed E-state index contributed by atoms with van der Waals surface area (Å²) < 4.78 is 283. The van der Waals surface area contributed by atoms with Crippen LogP contribution in [-0.4, -0.2) is 260 Å². The fourth-order valence-electron chi connectivity index (χ4n) is 22.2. The van der Waals surface area contributed by atoms with Crippen molar-refractivity contribution in [2.75, 3.05) is 73.8 Å². The molecule has 828 valence electrons. The molecule has 2 aromatic rings. The number of alkyl halides is 3. The Bertz CT molecular complexity index is 4990. The second-order valence-corrected chi connectivity index (χ2v) is 50.2. The van der Waals surface area contributed by atoms with Crippen molar-refractivity contribution in [2.45, 2.75) is 381 Å². The van der Waals surface area contributed by atoms with Crippen LogP contribution >= 0.6 is 0 Å². The highest BCUT2D eigenvalue weighted by molar-refractivity contribution is 7.87. The molecule has 11 fully saturated rings. The summed E-state index contributed by atoms with van der Waals surface area (Å²) in [5, 5.41) is 19.5. The first-order valence-electron chi connectivity index (χ1n) is 52.6. The smallest absolute Gasteiger partial charge is 0.416 e. The second kappa shape index (κ2) is 61.8. The molecule has 0 aromatic heterocycles. The van der Waals surface area contributed by atoms with Gasteiger partial charge in [0.15, 0.2) is 0 Å². The molecular formula is C100H154F4N6O29S6-6. The van der Waals surface area contributed by atoms with Gasteiger partial charge in [0.05, 0.1) is 142 Å². The monoisotopic (exact) mass is 2170 g/mol. The molecule has 0 heterocycles. The number of carbonyl (C=O) groups is 5. The number of ether oxygens (including phenoxy) is 6. The van der Waals surface area contributed by atoms with Crippen LogP contribution in [0.1, 0.15) is 322 Å². The number of nitrogens with one attached hydrogen (secondary N) is 6. The molecule has 11 saturated carbocycles. The third kappa shape index (κ3) is 51.0. The summed E-state index contributed by atoms with van der Waals surface area (Å²) in [5.41, 5.74) is -0.979. The molecule has 8 unspecified atom stereocenters. The summed E-state index contributed by atoms with van der Waals surface area (Å²) in [6, 6.07) is 9.86. The van der Waals surface area contributed by atoms with Crippen LogP contribution in [0.15, 0.2) is 72.8 Å². The summed E-state index contributed by atoms with van der Waals surface area (Å²) in [6.45, 7) is 1.25. The first-order chi connectivity index (χ1) is 68.7. The molecule has 13 aliphatic carbocycles. The zero-order chi connectivity index (χ0) is 105. The number of allylic oxidation sites excluding steroid dienone is 3. The van der Waals surface area contributed by atoms with Gasteiger partial charge in [-0.25, -0.2) is 64.5 Å². The lowest BCUT2D eigenvalue weighted by Crippen LogP contribution is -2.50. The van der Waals surface area contributed by atoms with Crippen molar-refractivity contribution in [3.8, 4) is 0 Å². The lowest BCUT2D eigenvalue weighted by molar-refractivity contribution is -0.167. The van der Waals surface area contributed by atoms with Crippen LogP contribution in [0, 0.1) is 47.2 Å². The topological polar surface area (TPSA) is 556 Å². The normalized spacial score (nSPS) is 24.3. The standard InChI is InChI=1S/C20H33NO5S.C17H22F3NO5S.C16H22FNO5S.2C16H27NO5S.C15H29NO4S/c22-20(19-15-7-13-6-14(9-15)10-16(19)8-13)26-18(12-27(23,24)25)11-21-17-4-2-1-3-5-17;18-17(19,20)13-8-6-12(7-9-13)16(22)26-15(11-27(23,24)25)10-21-14-4-2-1-3-5-14;17-13-8-6-12(7-9-13)16(19)23-15(11-24(20,21)22)10-18-14-4-2-1-3-5-14;2*18-16(13-7-3-1-4-8-13)22-15(12-23(19,20)21)11-17-14-9-5-2-6-10-14;17-21(18,19)12-15(20-14-9-5-2-6-10-14)11-16-13-7-3-1-4-8-13/h13-19,21H,1-12H2,(H,23,24,25);6-9,14-15,21H,1-5,10-11H2,(H,23,24,25);6-9,14-15,18H,1-5,10-11H2,(H,20,21,22);3,7,13-15,17H,1-2,4-6,8-12H2,(H,19,20,21);1,3,13-15,17H,2,4-12H2,(H,19,20,21);13-16H,1-12H2,(H,17,18,19)/p-6. The Morgan fingerprint density at radius 1 is 0.324 bits per heavy atom. The first kappa shape index (κ1) is 123. The number of hydrogen-bond donors (Lipinski definition) is 6. The Balaban J connectivity index is 0.000000194. The molecule has 6 N–H and O–H groups in total. The summed E-state index contributed by atoms with van der Waals surface area (Å²) in [7, 11) is -26.7. The molecule has 0 spiro atoms. The predicted molar refractivity (Wildman–Crippen MR) is 528 cm³/mol. The van der Waals surface area contributed by atoms with Gasteiger partial charge >= 0.3 is 36.0 Å². The van der Waals surface area contributed by atoms with Gasteiger partial charge in [0.2, 0.25) is 0 Å². The Morgan fingerprint density at radius 3 is 0.924 bits per heavy atom. The van der Waals surface area contributed by atoms with Crippen LogP contribution in [0.4, 0.5) is 17.6 Å². The van der Waals surface area contributed by atoms with Gasteiger partial charge in [-0.05, 0) is 233 Å². The molecule has 145 heavy (non-hydrogen) atoms. The fourth-order valence-corrected chi connectivity index (χ4v) is 26.0. The Hall–Kier alpha value is -5.83. The minimum Gasteiger partial charge on any atom is -0.748 e. The molecule has 0 amide bonds. The van der Waals surface area contributed by atoms with E-state index >= 15 is 0 Å². The predicted octanol–water partition coefficient (Wildman–Crippen LogP) is 12.6. The maximum absolute atomic E-state index is 12.9. The molecule has 0 saturated heterocycles. The van der Waals surface area contributed by atoms with E-state index in [0.29, 0.717) is 61.8 Å². The molecule has 0 radical (unpaired) electrons. The average molecular weight is 2170 g/mol. The Kier molecular flexibility index (Phi) is 52.2. The van der Waals surface area contributed by atoms with Crippen LogP contribution in [-0.2, 0) is 110 Å². The van der Waals surface area contributed by atoms with E-state index in [1.54, 1.807) is 0 Å². The minimum absolute atomic E-state index is 0.0154. The molecule has 8 atom stereocenters. The van der Waals surface area contributed by atoms with Crippen molar-refractivity contribution in [2.24, 2.45) is 41.4 Å². The van der Waals surface area contributed by atoms with Crippen LogP contribution < -0.4 is 31.9 Å². The minimum atomic E-state index is -4.65. The van der Waals surface area contributed by atoms with Crippen LogP contribution in [0.3, 0.4) is 0 Å². The number of hydrogen-bond acceptors (Lipinski definition) is 35. The van der Waals surface area contributed by atoms with Crippen LogP contribution in [0.5, 0.6) is 0 Å². The number of halogens is 4. The van der Waals surface area contributed by atoms with Crippen molar-refractivity contribution in [3.05, 3.63) is 95.3 Å². The summed E-state index contributed by atoms with van der Waals surface area (Å²) in [6.07, 6.45) is 47.0. The zero-order valence-electron chi connectivity index (χ0n) is 83.3. The van der Waals surface area contributed by atoms with E-state index in [-0.39, 0.29) is 85.8 Å². The molecule has 35 nitrogen and oxygen atoms in total. The van der Waals surface area contributed by atoms with Gasteiger partial charge in [-0.3, -0.25) is 14.4 Å². The molecule has 4 bridgehead atoms. The van der Waals surface area contributed by atoms with E-state index in [1.807, 2.05) is 24.3 Å². The van der Waals surface area contributed by atoms with Gasteiger partial charge in [-0.2, -0.15) is 13.2 Å². The fraction of sp³-hybridized carbons (Fsp3) is 0.790. The highest BCUT2D eigenvalue weighted by atomic mass is 32.2. The number of rotatable bonds is 42. The SMILES string of the molecule is O=C(OC(CNC1CCCCC1)CS(=O)(=O)[O-])C1C2CC3CC(C2)CC1C3.O=C(OC(CNC1CCCCC1)CS(=O)(=O)[O-])C1C=CCCC1.O=C(OC(CNC1CCCCC1)CS(=O)(=O)[O-])C1CC=CCC1.O=C(OC(CNC1CCCCC1)CS(=O)(=O)[O-])c1ccc(C(F)(F)F)cc1.O=C(OC(CNC1CCCCC1)CS(=O)(=O)[O-])c1ccc(F)cc1.O=S(=O)([O-])CC(CNC1CCCCC1)OC1CCCCC1. The lowest BCUT2D eigenvalue weighted by Gasteiger charge is -2.53. The molecule has 2 aromatic carbocycles. The third-order valence-corrected chi connectivity index (χ3v) is 34.0. The van der Waals surface area contributed by atoms with E-state index < -0.39 is 173 Å². The summed E-state index contributed by atoms with van der Waals surface area (Å²) >= 11 is 0. The van der Waals surface area contributed by atoms with E-state index in [9.17, 15) is 119 Å². The first-order valence-corrected chi connectivity index (χ1v) is 62.1. The van der Waals surface area contributed by atoms with E-state index in [1.165, 1.54) is 69.9 Å². The van der Waals surface area contributed by atoms with Gasteiger partial charge in [0, 0.05) is 75.5 Å². The maximum atomic E-state index is 12.9. The lowest BCUT2D eigenvalue weighted by atomic mass is 9.52. The van der Waals surface area contributed by atoms with Gasteiger partial charge < -0.3 is 87.6 Å². The van der Waals surface area contributed by atoms with Crippen molar-refractivity contribution in [1.82, 2.24) is 31.9 Å². The highest BCUT2D eigenvalue weighted by Gasteiger charge is 2.52. The van der Waals surface area contributed by atoms with Gasteiger partial charge in [-0.1, -0.05) is 159 Å². The number of carbonyl (C=O) groups excluding carboxylic acids is 5. The number of benzene rings is 2. The van der Waals surface area contributed by atoms with E-state index in [2.05, 4.69) is 31.9 Å². The Labute approximate surface area is 855 Å². The Morgan fingerprint density at radius 2 is 0.621 bits per heavy atom. The quantitative estimate of drug-likeness (QED) is 0.0118. The van der Waals surface area contributed by atoms with Crippen LogP contribution in [0.25, 0.3) is 0 Å². The molecular weight excluding hydrogens is 2020 g/mol. The zero-order valence-corrected chi connectivity index (χ0v) is 88.2. The van der Waals surface area contributed by atoms with Crippen molar-refractivity contribution < 1.29 is 148 Å². The van der Waals surface area contributed by atoms with Gasteiger partial charge in [0.1, 0.15) is 36.3 Å². The largest absolute Gasteiger partial charge is 0.748 e. The van der Waals surface area contributed by atoms with Gasteiger partial charge in [0.25, 0.3) is 0 Å². The van der Waals surface area contributed by atoms with Gasteiger partial charge in [-0.15, -0.1) is 0 Å². The molecule has 45 heteroatoms. The molecule has 0 aliphatic heterocycles. The van der Waals surface area contributed by atoms with Crippen LogP contribution in [0.2, 0.25) is 0 Å². The highest BCUT2D eigenvalue weighted by Crippen LogP contribution is 2.57. The number of esters is 5. The third-order valence-electron chi connectivity index (χ3n) is 29.3. The molecule has 15 rings (SSSR count).